The predicted molar refractivity (Wildman–Crippen MR) is 75.5 cm³/mol. The Kier molecular flexibility index (Phi) is 2.51. The van der Waals surface area contributed by atoms with Gasteiger partial charge >= 0.3 is 0 Å². The lowest BCUT2D eigenvalue weighted by molar-refractivity contribution is -0.384. The second-order valence-corrected chi connectivity index (χ2v) is 5.83. The Morgan fingerprint density at radius 1 is 1.43 bits per heavy atom. The predicted octanol–water partition coefficient (Wildman–Crippen LogP) is 2.75. The van der Waals surface area contributed by atoms with E-state index in [-0.39, 0.29) is 11.7 Å². The molecule has 0 unspecified atom stereocenters. The van der Waals surface area contributed by atoms with Crippen molar-refractivity contribution in [2.45, 2.75) is 25.3 Å². The van der Waals surface area contributed by atoms with Gasteiger partial charge in [0.15, 0.2) is 0 Å². The summed E-state index contributed by atoms with van der Waals surface area (Å²) in [4.78, 5) is 10.4. The van der Waals surface area contributed by atoms with Gasteiger partial charge in [-0.15, -0.1) is 0 Å². The molecule has 108 valence electrons. The summed E-state index contributed by atoms with van der Waals surface area (Å²) in [7, 11) is 0. The van der Waals surface area contributed by atoms with Crippen LogP contribution in [0.25, 0.3) is 10.9 Å². The van der Waals surface area contributed by atoms with Crippen LogP contribution in [0.5, 0.6) is 0 Å². The second kappa shape index (κ2) is 4.28. The van der Waals surface area contributed by atoms with E-state index in [4.69, 9.17) is 0 Å². The van der Waals surface area contributed by atoms with E-state index >= 15 is 0 Å². The Morgan fingerprint density at radius 2 is 2.29 bits per heavy atom. The topological polar surface area (TPSA) is 93.5 Å². The van der Waals surface area contributed by atoms with Crippen LogP contribution in [0.3, 0.4) is 0 Å². The number of nitro groups is 1. The minimum Gasteiger partial charge on any atom is -0.411 e. The van der Waals surface area contributed by atoms with E-state index in [0.29, 0.717) is 11.8 Å². The number of hydrogen-bond donors (Lipinski definition) is 1. The SMILES string of the molecule is O=[N+]([O-])c1ccc2c(cnn2[C@@H]2/C(=N\O)[C@H]3CC[C@@H]2C3)c1. The van der Waals surface area contributed by atoms with Crippen LogP contribution in [0.4, 0.5) is 5.69 Å². The standard InChI is InChI=1S/C14H14N4O3/c19-16-13-8-1-2-9(5-8)14(13)17-12-4-3-11(18(20)21)6-10(12)7-15-17/h3-4,6-9,14,19H,1-2,5H2/b16-13-/t8-,9+,14-/m0/s1. The number of rotatable bonds is 2. The number of nitrogens with zero attached hydrogens (tertiary/aromatic N) is 4. The van der Waals surface area contributed by atoms with Crippen molar-refractivity contribution in [3.8, 4) is 0 Å². The Bertz CT molecular complexity index is 767. The van der Waals surface area contributed by atoms with E-state index in [2.05, 4.69) is 10.3 Å². The van der Waals surface area contributed by atoms with Crippen molar-refractivity contribution in [2.75, 3.05) is 0 Å². The van der Waals surface area contributed by atoms with Gasteiger partial charge in [-0.2, -0.15) is 5.10 Å². The summed E-state index contributed by atoms with van der Waals surface area (Å²) in [6, 6.07) is 4.72. The van der Waals surface area contributed by atoms with E-state index in [1.54, 1.807) is 12.3 Å². The van der Waals surface area contributed by atoms with E-state index in [1.807, 2.05) is 4.68 Å². The molecular weight excluding hydrogens is 272 g/mol. The highest BCUT2D eigenvalue weighted by molar-refractivity contribution is 5.94. The van der Waals surface area contributed by atoms with Crippen molar-refractivity contribution >= 4 is 22.3 Å². The van der Waals surface area contributed by atoms with Gasteiger partial charge in [0, 0.05) is 23.4 Å². The fraction of sp³-hybridized carbons (Fsp3) is 0.429. The molecule has 2 saturated carbocycles. The lowest BCUT2D eigenvalue weighted by Crippen LogP contribution is -2.26. The maximum atomic E-state index is 10.8. The summed E-state index contributed by atoms with van der Waals surface area (Å²) in [5, 5.41) is 28.8. The highest BCUT2D eigenvalue weighted by Gasteiger charge is 2.47. The van der Waals surface area contributed by atoms with Crippen LogP contribution in [-0.4, -0.2) is 25.6 Å². The smallest absolute Gasteiger partial charge is 0.270 e. The van der Waals surface area contributed by atoms with E-state index in [1.165, 1.54) is 12.1 Å². The van der Waals surface area contributed by atoms with Crippen molar-refractivity contribution in [1.29, 1.82) is 0 Å². The molecule has 0 saturated heterocycles. The molecule has 2 aromatic rings. The Labute approximate surface area is 120 Å². The molecule has 1 aromatic carbocycles. The van der Waals surface area contributed by atoms with Gasteiger partial charge in [0.25, 0.3) is 5.69 Å². The molecule has 21 heavy (non-hydrogen) atoms. The summed E-state index contributed by atoms with van der Waals surface area (Å²) < 4.78 is 1.86. The first-order chi connectivity index (χ1) is 10.2. The number of benzene rings is 1. The highest BCUT2D eigenvalue weighted by atomic mass is 16.6. The minimum atomic E-state index is -0.408. The quantitative estimate of drug-likeness (QED) is 0.521. The molecule has 1 N–H and O–H groups in total. The number of hydrogen-bond acceptors (Lipinski definition) is 5. The number of fused-ring (bicyclic) bond motifs is 3. The van der Waals surface area contributed by atoms with Gasteiger partial charge in [-0.3, -0.25) is 14.8 Å². The summed E-state index contributed by atoms with van der Waals surface area (Å²) >= 11 is 0. The van der Waals surface area contributed by atoms with Gasteiger partial charge in [0.1, 0.15) is 0 Å². The number of oxime groups is 1. The summed E-state index contributed by atoms with van der Waals surface area (Å²) in [6.45, 7) is 0. The highest BCUT2D eigenvalue weighted by Crippen LogP contribution is 2.49. The molecule has 7 heteroatoms. The van der Waals surface area contributed by atoms with Gasteiger partial charge < -0.3 is 5.21 Å². The summed E-state index contributed by atoms with van der Waals surface area (Å²) in [6.07, 6.45) is 4.87. The van der Waals surface area contributed by atoms with Crippen LogP contribution in [0.15, 0.2) is 29.6 Å². The van der Waals surface area contributed by atoms with Crippen molar-refractivity contribution in [1.82, 2.24) is 9.78 Å². The fourth-order valence-corrected chi connectivity index (χ4v) is 3.90. The van der Waals surface area contributed by atoms with Crippen LogP contribution < -0.4 is 0 Å². The zero-order valence-electron chi connectivity index (χ0n) is 11.2. The van der Waals surface area contributed by atoms with Crippen LogP contribution in [0, 0.1) is 22.0 Å². The van der Waals surface area contributed by atoms with E-state index in [9.17, 15) is 15.3 Å². The molecule has 2 aliphatic rings. The molecule has 0 amide bonds. The Morgan fingerprint density at radius 3 is 3.05 bits per heavy atom. The van der Waals surface area contributed by atoms with Crippen molar-refractivity contribution in [2.24, 2.45) is 17.0 Å². The third-order valence-electron chi connectivity index (χ3n) is 4.81. The molecule has 2 bridgehead atoms. The molecule has 2 aliphatic carbocycles. The third-order valence-corrected chi connectivity index (χ3v) is 4.81. The molecule has 0 radical (unpaired) electrons. The van der Waals surface area contributed by atoms with E-state index in [0.717, 1.165) is 35.9 Å². The molecule has 1 heterocycles. The van der Waals surface area contributed by atoms with Crippen LogP contribution in [0.2, 0.25) is 0 Å². The first kappa shape index (κ1) is 12.3. The molecule has 0 aliphatic heterocycles. The minimum absolute atomic E-state index is 0.0206. The Balaban J connectivity index is 1.82. The average molecular weight is 286 g/mol. The molecule has 4 rings (SSSR count). The number of non-ortho nitro benzene ring substituents is 1. The van der Waals surface area contributed by atoms with Crippen molar-refractivity contribution in [3.63, 3.8) is 0 Å². The van der Waals surface area contributed by atoms with Crippen LogP contribution in [-0.2, 0) is 0 Å². The Hall–Kier alpha value is -2.44. The largest absolute Gasteiger partial charge is 0.411 e. The fourth-order valence-electron chi connectivity index (χ4n) is 3.90. The number of nitro benzene ring substituents is 1. The van der Waals surface area contributed by atoms with Gasteiger partial charge in [-0.25, -0.2) is 0 Å². The van der Waals surface area contributed by atoms with Crippen LogP contribution in [0.1, 0.15) is 25.3 Å². The van der Waals surface area contributed by atoms with Gasteiger partial charge in [-0.05, 0) is 31.2 Å². The lowest BCUT2D eigenvalue weighted by Gasteiger charge is -2.23. The normalized spacial score (nSPS) is 29.5. The number of aromatic nitrogens is 2. The zero-order valence-corrected chi connectivity index (χ0v) is 11.2. The molecule has 0 spiro atoms. The lowest BCUT2D eigenvalue weighted by atomic mass is 9.93. The second-order valence-electron chi connectivity index (χ2n) is 5.83. The van der Waals surface area contributed by atoms with Crippen molar-refractivity contribution < 1.29 is 10.1 Å². The monoisotopic (exact) mass is 286 g/mol. The third kappa shape index (κ3) is 1.66. The molecule has 1 aromatic heterocycles. The first-order valence-corrected chi connectivity index (χ1v) is 7.02. The summed E-state index contributed by atoms with van der Waals surface area (Å²) in [5.41, 5.74) is 1.71. The van der Waals surface area contributed by atoms with Crippen molar-refractivity contribution in [3.05, 3.63) is 34.5 Å². The molecular formula is C14H14N4O3. The van der Waals surface area contributed by atoms with Crippen LogP contribution >= 0.6 is 0 Å². The zero-order chi connectivity index (χ0) is 14.6. The maximum absolute atomic E-state index is 10.8. The van der Waals surface area contributed by atoms with Gasteiger partial charge in [-0.1, -0.05) is 5.16 Å². The van der Waals surface area contributed by atoms with E-state index < -0.39 is 4.92 Å². The van der Waals surface area contributed by atoms with Gasteiger partial charge in [0.2, 0.25) is 0 Å². The molecule has 7 nitrogen and oxygen atoms in total. The average Bonchev–Trinajstić information content (AvgIpc) is 3.19. The maximum Gasteiger partial charge on any atom is 0.270 e. The summed E-state index contributed by atoms with van der Waals surface area (Å²) in [5.74, 6) is 0.793. The molecule has 3 atom stereocenters. The van der Waals surface area contributed by atoms with Gasteiger partial charge in [0.05, 0.1) is 28.4 Å². The molecule has 2 fully saturated rings. The first-order valence-electron chi connectivity index (χ1n) is 7.02.